The van der Waals surface area contributed by atoms with Crippen LogP contribution in [0.4, 0.5) is 0 Å². The summed E-state index contributed by atoms with van der Waals surface area (Å²) in [6.45, 7) is 23.0. The third-order valence-corrected chi connectivity index (χ3v) is 11.8. The summed E-state index contributed by atoms with van der Waals surface area (Å²) < 4.78 is 20.1. The summed E-state index contributed by atoms with van der Waals surface area (Å²) >= 11 is 0. The number of fused-ring (bicyclic) bond motifs is 1. The molecule has 236 valence electrons. The molecule has 1 aromatic carbocycles. The van der Waals surface area contributed by atoms with E-state index in [0.29, 0.717) is 34.5 Å². The average molecular weight is 613 g/mol. The van der Waals surface area contributed by atoms with Crippen LogP contribution < -0.4 is 4.74 Å². The molecule has 0 radical (unpaired) electrons. The van der Waals surface area contributed by atoms with Crippen LogP contribution in [0.15, 0.2) is 36.5 Å². The second-order valence-electron chi connectivity index (χ2n) is 13.5. The number of nitrogens with zero attached hydrogens (tertiary/aromatic N) is 4. The molecule has 0 aliphatic heterocycles. The summed E-state index contributed by atoms with van der Waals surface area (Å²) in [7, 11) is -2.21. The normalized spacial score (nSPS) is 13.3. The van der Waals surface area contributed by atoms with Gasteiger partial charge in [0.15, 0.2) is 14.0 Å². The van der Waals surface area contributed by atoms with Gasteiger partial charge in [-0.15, -0.1) is 0 Å². The summed E-state index contributed by atoms with van der Waals surface area (Å²) in [5.74, 6) is 0.178. The van der Waals surface area contributed by atoms with Crippen LogP contribution in [0.1, 0.15) is 78.7 Å². The van der Waals surface area contributed by atoms with E-state index >= 15 is 0 Å². The summed E-state index contributed by atoms with van der Waals surface area (Å²) in [5.41, 5.74) is 1.68. The first-order valence-corrected chi connectivity index (χ1v) is 17.7. The number of pyridine rings is 1. The monoisotopic (exact) mass is 612 g/mol. The van der Waals surface area contributed by atoms with E-state index in [1.54, 1.807) is 17.7 Å². The van der Waals surface area contributed by atoms with Gasteiger partial charge >= 0.3 is 5.97 Å². The van der Waals surface area contributed by atoms with Crippen molar-refractivity contribution in [1.29, 1.82) is 0 Å². The number of esters is 1. The zero-order valence-electron chi connectivity index (χ0n) is 27.6. The second kappa shape index (κ2) is 13.6. The summed E-state index contributed by atoms with van der Waals surface area (Å²) in [6.07, 6.45) is 2.08. The third-order valence-electron chi connectivity index (χ3n) is 7.26. The van der Waals surface area contributed by atoms with Gasteiger partial charge in [-0.2, -0.15) is 5.10 Å². The maximum Gasteiger partial charge on any atom is 0.339 e. The van der Waals surface area contributed by atoms with E-state index in [4.69, 9.17) is 23.7 Å². The minimum Gasteiger partial charge on any atom is -0.491 e. The van der Waals surface area contributed by atoms with Crippen LogP contribution in [0.3, 0.4) is 0 Å². The Kier molecular flexibility index (Phi) is 10.8. The SMILES string of the molecule is CCOC(=O)c1cc(-c2cccc(OCC(CN(C=O)OC(C)(C)C)O[Si](C)(C)C(C)(C)C)c2)nc2nn(C(C)C)cc12. The minimum atomic E-state index is -2.21. The Balaban J connectivity index is 1.92. The van der Waals surface area contributed by atoms with Crippen LogP contribution in [0.2, 0.25) is 18.1 Å². The van der Waals surface area contributed by atoms with Crippen molar-refractivity contribution in [2.75, 3.05) is 19.8 Å². The molecule has 0 bridgehead atoms. The van der Waals surface area contributed by atoms with Crippen molar-refractivity contribution in [3.05, 3.63) is 42.1 Å². The van der Waals surface area contributed by atoms with Crippen molar-refractivity contribution < 1.29 is 28.3 Å². The highest BCUT2D eigenvalue weighted by molar-refractivity contribution is 6.74. The first-order valence-electron chi connectivity index (χ1n) is 14.8. The fraction of sp³-hybridized carbons (Fsp3) is 0.562. The molecule has 0 N–H and O–H groups in total. The first-order chi connectivity index (χ1) is 19.9. The molecule has 0 spiro atoms. The molecule has 43 heavy (non-hydrogen) atoms. The molecule has 2 heterocycles. The number of rotatable bonds is 13. The summed E-state index contributed by atoms with van der Waals surface area (Å²) in [4.78, 5) is 35.4. The molecule has 2 aromatic heterocycles. The molecule has 11 heteroatoms. The van der Waals surface area contributed by atoms with Gasteiger partial charge in [0.05, 0.1) is 41.5 Å². The lowest BCUT2D eigenvalue weighted by Crippen LogP contribution is -2.49. The quantitative estimate of drug-likeness (QED) is 0.0897. The molecule has 0 saturated heterocycles. The zero-order valence-corrected chi connectivity index (χ0v) is 28.6. The highest BCUT2D eigenvalue weighted by Gasteiger charge is 2.40. The van der Waals surface area contributed by atoms with Crippen molar-refractivity contribution >= 4 is 31.7 Å². The second-order valence-corrected chi connectivity index (χ2v) is 18.2. The molecule has 1 atom stereocenters. The number of carbonyl (C=O) groups is 2. The van der Waals surface area contributed by atoms with E-state index in [2.05, 4.69) is 39.0 Å². The molecular weight excluding hydrogens is 564 g/mol. The van der Waals surface area contributed by atoms with Gasteiger partial charge in [0.1, 0.15) is 12.4 Å². The largest absolute Gasteiger partial charge is 0.491 e. The van der Waals surface area contributed by atoms with Crippen molar-refractivity contribution in [2.45, 2.75) is 98.2 Å². The first kappa shape index (κ1) is 34.2. The topological polar surface area (TPSA) is 105 Å². The highest BCUT2D eigenvalue weighted by Crippen LogP contribution is 2.37. The van der Waals surface area contributed by atoms with Crippen LogP contribution >= 0.6 is 0 Å². The van der Waals surface area contributed by atoms with Gasteiger partial charge in [0.2, 0.25) is 6.41 Å². The van der Waals surface area contributed by atoms with Crippen molar-refractivity contribution in [3.8, 4) is 17.0 Å². The molecule has 0 fully saturated rings. The number of hydroxylamine groups is 2. The van der Waals surface area contributed by atoms with Crippen LogP contribution in [-0.2, 0) is 18.8 Å². The number of ether oxygens (including phenoxy) is 2. The maximum atomic E-state index is 12.9. The third kappa shape index (κ3) is 9.10. The number of amides is 1. The zero-order chi connectivity index (χ0) is 32.2. The molecular formula is C32H48N4O6Si. The standard InChI is InChI=1S/C32H48N4O6Si/c1-12-39-30(38)26-17-28(33-29-27(26)19-36(34-29)22(2)3)23-14-13-15-24(16-23)40-20-25(41-43(10,11)32(7,8)9)18-35(21-37)42-31(4,5)6/h13-17,19,21-22,25H,12,18,20H2,1-11H3. The predicted molar refractivity (Wildman–Crippen MR) is 170 cm³/mol. The van der Waals surface area contributed by atoms with Crippen molar-refractivity contribution in [2.24, 2.45) is 0 Å². The average Bonchev–Trinajstić information content (AvgIpc) is 3.34. The molecule has 0 aliphatic rings. The minimum absolute atomic E-state index is 0.0362. The number of hydrogen-bond acceptors (Lipinski definition) is 8. The van der Waals surface area contributed by atoms with Gasteiger partial charge in [0, 0.05) is 17.8 Å². The molecule has 0 aliphatic carbocycles. The molecule has 3 aromatic rings. The van der Waals surface area contributed by atoms with Crippen molar-refractivity contribution in [3.63, 3.8) is 0 Å². The van der Waals surface area contributed by atoms with E-state index in [0.717, 1.165) is 5.56 Å². The van der Waals surface area contributed by atoms with E-state index in [-0.39, 0.29) is 30.8 Å². The van der Waals surface area contributed by atoms with Gasteiger partial charge in [-0.25, -0.2) is 14.8 Å². The Morgan fingerprint density at radius 1 is 1.12 bits per heavy atom. The predicted octanol–water partition coefficient (Wildman–Crippen LogP) is 6.81. The lowest BCUT2D eigenvalue weighted by Gasteiger charge is -2.40. The van der Waals surface area contributed by atoms with E-state index in [1.165, 1.54) is 5.06 Å². The van der Waals surface area contributed by atoms with Gasteiger partial charge in [0.25, 0.3) is 0 Å². The van der Waals surface area contributed by atoms with E-state index < -0.39 is 26.0 Å². The van der Waals surface area contributed by atoms with Gasteiger partial charge in [-0.1, -0.05) is 32.9 Å². The van der Waals surface area contributed by atoms with Crippen LogP contribution in [0.25, 0.3) is 22.3 Å². The fourth-order valence-electron chi connectivity index (χ4n) is 4.11. The highest BCUT2D eigenvalue weighted by atomic mass is 28.4. The summed E-state index contributed by atoms with van der Waals surface area (Å²) in [5, 5.41) is 6.50. The Labute approximate surface area is 256 Å². The molecule has 3 rings (SSSR count). The van der Waals surface area contributed by atoms with Crippen LogP contribution in [0, 0.1) is 0 Å². The molecule has 10 nitrogen and oxygen atoms in total. The number of aromatic nitrogens is 3. The lowest BCUT2D eigenvalue weighted by molar-refractivity contribution is -0.223. The number of hydrogen-bond donors (Lipinski definition) is 0. The Morgan fingerprint density at radius 2 is 1.81 bits per heavy atom. The van der Waals surface area contributed by atoms with Gasteiger partial charge in [-0.3, -0.25) is 14.3 Å². The molecule has 1 unspecified atom stereocenters. The van der Waals surface area contributed by atoms with Gasteiger partial charge in [-0.05, 0) is 77.9 Å². The van der Waals surface area contributed by atoms with E-state index in [9.17, 15) is 9.59 Å². The molecule has 0 saturated carbocycles. The fourth-order valence-corrected chi connectivity index (χ4v) is 5.44. The Bertz CT molecular complexity index is 1410. The summed E-state index contributed by atoms with van der Waals surface area (Å²) in [6, 6.07) is 9.35. The number of carbonyl (C=O) groups excluding carboxylic acids is 2. The smallest absolute Gasteiger partial charge is 0.339 e. The molecule has 1 amide bonds. The Hall–Kier alpha value is -3.28. The van der Waals surface area contributed by atoms with E-state index in [1.807, 2.05) is 65.1 Å². The maximum absolute atomic E-state index is 12.9. The van der Waals surface area contributed by atoms with Crippen molar-refractivity contribution in [1.82, 2.24) is 19.8 Å². The Morgan fingerprint density at radius 3 is 2.40 bits per heavy atom. The number of benzene rings is 1. The van der Waals surface area contributed by atoms with Gasteiger partial charge < -0.3 is 13.9 Å². The van der Waals surface area contributed by atoms with Crippen LogP contribution in [-0.4, -0.2) is 72.0 Å². The van der Waals surface area contributed by atoms with Crippen LogP contribution in [0.5, 0.6) is 5.75 Å². The lowest BCUT2D eigenvalue weighted by atomic mass is 10.1.